The first-order valence-electron chi connectivity index (χ1n) is 9.31. The van der Waals surface area contributed by atoms with Crippen LogP contribution in [-0.2, 0) is 16.6 Å². The van der Waals surface area contributed by atoms with Crippen molar-refractivity contribution >= 4 is 5.69 Å². The molecule has 3 atom stereocenters. The quantitative estimate of drug-likeness (QED) is 0.862. The Morgan fingerprint density at radius 3 is 3.09 bits per heavy atom. The minimum Gasteiger partial charge on any atom is -0.383 e. The topological polar surface area (TPSA) is 24.5 Å². The highest BCUT2D eigenvalue weighted by Crippen LogP contribution is 2.55. The lowest BCUT2D eigenvalue weighted by Gasteiger charge is -2.58. The molecule has 1 aromatic carbocycles. The van der Waals surface area contributed by atoms with Gasteiger partial charge in [0.1, 0.15) is 0 Å². The molecule has 0 amide bonds. The number of rotatable bonds is 4. The molecule has 2 aliphatic carbocycles. The van der Waals surface area contributed by atoms with Crippen LogP contribution in [0.15, 0.2) is 18.2 Å². The molecule has 0 spiro atoms. The summed E-state index contributed by atoms with van der Waals surface area (Å²) in [4.78, 5) is 2.64. The minimum absolute atomic E-state index is 0.460. The average molecular weight is 314 g/mol. The van der Waals surface area contributed by atoms with Crippen molar-refractivity contribution in [1.29, 1.82) is 0 Å². The summed E-state index contributed by atoms with van der Waals surface area (Å²) in [6, 6.07) is 7.90. The number of likely N-dealkylation sites (N-methyl/N-ethyl adjacent to an activating group) is 1. The predicted molar refractivity (Wildman–Crippen MR) is 95.2 cm³/mol. The van der Waals surface area contributed by atoms with Gasteiger partial charge in [-0.25, -0.2) is 0 Å². The summed E-state index contributed by atoms with van der Waals surface area (Å²) >= 11 is 0. The van der Waals surface area contributed by atoms with E-state index in [4.69, 9.17) is 4.74 Å². The molecule has 1 saturated heterocycles. The third-order valence-electron chi connectivity index (χ3n) is 6.75. The summed E-state index contributed by atoms with van der Waals surface area (Å²) in [6.07, 6.45) is 8.26. The van der Waals surface area contributed by atoms with Crippen molar-refractivity contribution in [2.75, 3.05) is 39.2 Å². The largest absolute Gasteiger partial charge is 0.383 e. The number of hydrogen-bond acceptors (Lipinski definition) is 3. The lowest BCUT2D eigenvalue weighted by molar-refractivity contribution is 0.00290. The van der Waals surface area contributed by atoms with E-state index in [0.717, 1.165) is 25.1 Å². The van der Waals surface area contributed by atoms with E-state index in [1.54, 1.807) is 18.2 Å². The molecule has 3 nitrogen and oxygen atoms in total. The number of nitrogens with one attached hydrogen (secondary N) is 1. The molecule has 0 radical (unpaired) electrons. The van der Waals surface area contributed by atoms with Crippen LogP contribution in [0, 0.1) is 5.92 Å². The summed E-state index contributed by atoms with van der Waals surface area (Å²) in [5.74, 6) is 0.872. The minimum atomic E-state index is 0.460. The molecule has 1 saturated carbocycles. The molecule has 3 aliphatic rings. The highest BCUT2D eigenvalue weighted by molar-refractivity contribution is 5.53. The van der Waals surface area contributed by atoms with E-state index in [9.17, 15) is 0 Å². The Morgan fingerprint density at radius 1 is 1.30 bits per heavy atom. The fourth-order valence-electron chi connectivity index (χ4n) is 5.60. The Bertz CT molecular complexity index is 573. The Kier molecular flexibility index (Phi) is 4.10. The van der Waals surface area contributed by atoms with Crippen LogP contribution in [0.5, 0.6) is 0 Å². The number of hydrogen-bond donors (Lipinski definition) is 1. The van der Waals surface area contributed by atoms with Gasteiger partial charge in [0, 0.05) is 30.8 Å². The smallest absolute Gasteiger partial charge is 0.0635 e. The molecule has 1 aromatic rings. The van der Waals surface area contributed by atoms with Gasteiger partial charge in [-0.3, -0.25) is 0 Å². The number of piperidine rings is 1. The van der Waals surface area contributed by atoms with E-state index in [0.29, 0.717) is 5.41 Å². The summed E-state index contributed by atoms with van der Waals surface area (Å²) in [7, 11) is 4.10. The van der Waals surface area contributed by atoms with E-state index in [2.05, 4.69) is 35.5 Å². The molecular formula is C20H30N2O. The Morgan fingerprint density at radius 2 is 2.22 bits per heavy atom. The van der Waals surface area contributed by atoms with Gasteiger partial charge in [-0.1, -0.05) is 18.9 Å². The van der Waals surface area contributed by atoms with Gasteiger partial charge in [0.15, 0.2) is 0 Å². The first kappa shape index (κ1) is 15.5. The van der Waals surface area contributed by atoms with Gasteiger partial charge < -0.3 is 15.0 Å². The molecule has 2 bridgehead atoms. The van der Waals surface area contributed by atoms with Crippen molar-refractivity contribution < 1.29 is 4.74 Å². The number of likely N-dealkylation sites (tertiary alicyclic amines) is 1. The van der Waals surface area contributed by atoms with Crippen LogP contribution in [0.4, 0.5) is 5.69 Å². The zero-order valence-electron chi connectivity index (χ0n) is 14.6. The number of fused-ring (bicyclic) bond motifs is 1. The number of methoxy groups -OCH3 is 1. The van der Waals surface area contributed by atoms with Crippen LogP contribution in [0.2, 0.25) is 0 Å². The molecule has 1 N–H and O–H groups in total. The Hall–Kier alpha value is -1.06. The van der Waals surface area contributed by atoms with Crippen molar-refractivity contribution in [1.82, 2.24) is 4.90 Å². The molecular weight excluding hydrogens is 284 g/mol. The van der Waals surface area contributed by atoms with Crippen molar-refractivity contribution in [3.05, 3.63) is 29.3 Å². The zero-order valence-corrected chi connectivity index (χ0v) is 14.6. The van der Waals surface area contributed by atoms with Crippen LogP contribution in [0.3, 0.4) is 0 Å². The monoisotopic (exact) mass is 314 g/mol. The first-order chi connectivity index (χ1) is 11.2. The number of ether oxygens (including phenoxy) is 1. The van der Waals surface area contributed by atoms with Gasteiger partial charge in [-0.05, 0) is 68.5 Å². The van der Waals surface area contributed by atoms with Crippen LogP contribution in [0.1, 0.15) is 43.2 Å². The standard InChI is InChI=1S/C20H30N2O/c1-22-11-9-20-8-4-3-5-17(20)19(22)13-15-6-7-16(14-18(15)20)21-10-12-23-2/h6-7,14,17,19,21H,3-5,8-13H2,1-2H3/t17-,19+,20+/m0/s1. The van der Waals surface area contributed by atoms with E-state index in [1.807, 2.05) is 0 Å². The van der Waals surface area contributed by atoms with Crippen molar-refractivity contribution in [2.24, 2.45) is 5.92 Å². The fourth-order valence-corrected chi connectivity index (χ4v) is 5.60. The average Bonchev–Trinajstić information content (AvgIpc) is 2.59. The maximum atomic E-state index is 5.17. The second-order valence-electron chi connectivity index (χ2n) is 7.80. The van der Waals surface area contributed by atoms with Crippen LogP contribution in [-0.4, -0.2) is 44.8 Å². The van der Waals surface area contributed by atoms with Crippen LogP contribution < -0.4 is 5.32 Å². The summed E-state index contributed by atoms with van der Waals surface area (Å²) in [5.41, 5.74) is 5.02. The second-order valence-corrected chi connectivity index (χ2v) is 7.80. The summed E-state index contributed by atoms with van der Waals surface area (Å²) < 4.78 is 5.17. The van der Waals surface area contributed by atoms with E-state index < -0.39 is 0 Å². The van der Waals surface area contributed by atoms with E-state index in [-0.39, 0.29) is 0 Å². The lowest BCUT2D eigenvalue weighted by atomic mass is 9.52. The Balaban J connectivity index is 1.70. The highest BCUT2D eigenvalue weighted by atomic mass is 16.5. The molecule has 0 unspecified atom stereocenters. The van der Waals surface area contributed by atoms with Gasteiger partial charge >= 0.3 is 0 Å². The van der Waals surface area contributed by atoms with Crippen molar-refractivity contribution in [3.8, 4) is 0 Å². The van der Waals surface area contributed by atoms with Crippen LogP contribution >= 0.6 is 0 Å². The van der Waals surface area contributed by atoms with E-state index in [1.165, 1.54) is 50.8 Å². The second kappa shape index (κ2) is 6.10. The Labute approximate surface area is 140 Å². The molecule has 1 heterocycles. The van der Waals surface area contributed by atoms with Crippen molar-refractivity contribution in [2.45, 2.75) is 50.0 Å². The van der Waals surface area contributed by atoms with Gasteiger partial charge in [-0.15, -0.1) is 0 Å². The molecule has 2 fully saturated rings. The molecule has 126 valence electrons. The predicted octanol–water partition coefficient (Wildman–Crippen LogP) is 3.43. The highest BCUT2D eigenvalue weighted by Gasteiger charge is 2.52. The first-order valence-corrected chi connectivity index (χ1v) is 9.31. The van der Waals surface area contributed by atoms with Crippen molar-refractivity contribution in [3.63, 3.8) is 0 Å². The molecule has 0 aromatic heterocycles. The maximum Gasteiger partial charge on any atom is 0.0635 e. The summed E-state index contributed by atoms with van der Waals surface area (Å²) in [6.45, 7) is 2.91. The summed E-state index contributed by atoms with van der Waals surface area (Å²) in [5, 5.41) is 3.54. The molecule has 3 heteroatoms. The number of nitrogens with zero attached hydrogens (tertiary/aromatic N) is 1. The van der Waals surface area contributed by atoms with Gasteiger partial charge in [0.25, 0.3) is 0 Å². The SMILES string of the molecule is COCCNc1ccc2c(c1)[C@@]13CCCC[C@H]1[C@@H](C2)N(C)CC3. The lowest BCUT2D eigenvalue weighted by Crippen LogP contribution is -2.59. The number of anilines is 1. The third-order valence-corrected chi connectivity index (χ3v) is 6.75. The fraction of sp³-hybridized carbons (Fsp3) is 0.700. The van der Waals surface area contributed by atoms with E-state index >= 15 is 0 Å². The van der Waals surface area contributed by atoms with Gasteiger partial charge in [-0.2, -0.15) is 0 Å². The number of benzene rings is 1. The molecule has 4 rings (SSSR count). The van der Waals surface area contributed by atoms with Crippen LogP contribution in [0.25, 0.3) is 0 Å². The normalized spacial score (nSPS) is 33.0. The maximum absolute atomic E-state index is 5.17. The zero-order chi connectivity index (χ0) is 15.9. The van der Waals surface area contributed by atoms with Gasteiger partial charge in [0.05, 0.1) is 6.61 Å². The third kappa shape index (κ3) is 2.49. The molecule has 1 aliphatic heterocycles. The van der Waals surface area contributed by atoms with Gasteiger partial charge in [0.2, 0.25) is 0 Å². The molecule has 23 heavy (non-hydrogen) atoms.